The van der Waals surface area contributed by atoms with Crippen LogP contribution in [0, 0.1) is 13.8 Å². The van der Waals surface area contributed by atoms with Gasteiger partial charge in [0.25, 0.3) is 0 Å². The maximum atomic E-state index is 10.6. The fraction of sp³-hybridized carbons (Fsp3) is 0.533. The Morgan fingerprint density at radius 2 is 2.11 bits per heavy atom. The van der Waals surface area contributed by atoms with E-state index in [1.165, 1.54) is 11.1 Å². The van der Waals surface area contributed by atoms with Crippen molar-refractivity contribution in [3.05, 3.63) is 28.8 Å². The van der Waals surface area contributed by atoms with Crippen LogP contribution >= 0.6 is 0 Å². The van der Waals surface area contributed by atoms with E-state index < -0.39 is 5.97 Å². The minimum absolute atomic E-state index is 0.120. The molecule has 0 fully saturated rings. The number of nitrogens with one attached hydrogen (secondary N) is 1. The third-order valence-electron chi connectivity index (χ3n) is 3.29. The zero-order valence-corrected chi connectivity index (χ0v) is 12.1. The largest absolute Gasteiger partial charge is 0.496 e. The third kappa shape index (κ3) is 4.24. The second kappa shape index (κ2) is 7.14. The zero-order valence-electron chi connectivity index (χ0n) is 12.1. The number of carbonyl (C=O) groups is 1. The van der Waals surface area contributed by atoms with Crippen molar-refractivity contribution in [1.29, 1.82) is 0 Å². The molecule has 0 aliphatic heterocycles. The summed E-state index contributed by atoms with van der Waals surface area (Å²) in [5.41, 5.74) is 3.46. The number of hydrogen-bond donors (Lipinski definition) is 2. The molecule has 1 aromatic rings. The number of ether oxygens (including phenoxy) is 1. The topological polar surface area (TPSA) is 58.6 Å². The fourth-order valence-electron chi connectivity index (χ4n) is 2.45. The van der Waals surface area contributed by atoms with Gasteiger partial charge in [0.2, 0.25) is 0 Å². The fourth-order valence-corrected chi connectivity index (χ4v) is 2.45. The molecule has 1 aromatic carbocycles. The first-order valence-corrected chi connectivity index (χ1v) is 6.53. The van der Waals surface area contributed by atoms with Gasteiger partial charge in [-0.25, -0.2) is 0 Å². The molecule has 0 radical (unpaired) electrons. The van der Waals surface area contributed by atoms with Crippen LogP contribution in [0.4, 0.5) is 0 Å². The summed E-state index contributed by atoms with van der Waals surface area (Å²) in [5.74, 6) is 0.120. The van der Waals surface area contributed by atoms with Crippen molar-refractivity contribution < 1.29 is 14.6 Å². The van der Waals surface area contributed by atoms with Crippen molar-refractivity contribution in [3.63, 3.8) is 0 Å². The first kappa shape index (κ1) is 15.5. The molecule has 0 heterocycles. The Balaban J connectivity index is 2.94. The third-order valence-corrected chi connectivity index (χ3v) is 3.29. The van der Waals surface area contributed by atoms with Gasteiger partial charge in [-0.3, -0.25) is 4.79 Å². The van der Waals surface area contributed by atoms with Gasteiger partial charge < -0.3 is 15.2 Å². The Morgan fingerprint density at radius 1 is 1.42 bits per heavy atom. The first-order chi connectivity index (χ1) is 8.99. The van der Waals surface area contributed by atoms with Crippen LogP contribution in [0.15, 0.2) is 12.1 Å². The number of rotatable bonds is 7. The summed E-state index contributed by atoms with van der Waals surface area (Å²) in [6, 6.07) is 4.26. The first-order valence-electron chi connectivity index (χ1n) is 6.53. The van der Waals surface area contributed by atoms with Gasteiger partial charge in [-0.05, 0) is 50.9 Å². The normalized spacial score (nSPS) is 12.2. The Kier molecular flexibility index (Phi) is 5.83. The Bertz CT molecular complexity index is 443. The SMILES string of the molecule is CNC(CCCC(=O)O)c1c(C)cc(C)cc1OC. The number of benzene rings is 1. The standard InChI is InChI=1S/C15H23NO3/c1-10-8-11(2)15(13(9-10)19-4)12(16-3)6-5-7-14(17)18/h8-9,12,16H,5-7H2,1-4H3,(H,17,18). The van der Waals surface area contributed by atoms with Crippen molar-refractivity contribution >= 4 is 5.97 Å². The zero-order chi connectivity index (χ0) is 14.4. The summed E-state index contributed by atoms with van der Waals surface area (Å²) in [5, 5.41) is 12.0. The Labute approximate surface area is 114 Å². The van der Waals surface area contributed by atoms with E-state index in [0.29, 0.717) is 6.42 Å². The molecule has 0 aliphatic carbocycles. The number of methoxy groups -OCH3 is 1. The van der Waals surface area contributed by atoms with Gasteiger partial charge in [-0.15, -0.1) is 0 Å². The molecule has 4 heteroatoms. The maximum absolute atomic E-state index is 10.6. The number of carboxylic acids is 1. The molecule has 0 amide bonds. The highest BCUT2D eigenvalue weighted by molar-refractivity contribution is 5.66. The van der Waals surface area contributed by atoms with Gasteiger partial charge in [0, 0.05) is 18.0 Å². The predicted molar refractivity (Wildman–Crippen MR) is 75.8 cm³/mol. The summed E-state index contributed by atoms with van der Waals surface area (Å²) in [7, 11) is 3.56. The average Bonchev–Trinajstić information content (AvgIpc) is 2.34. The molecule has 0 saturated heterocycles. The second-order valence-electron chi connectivity index (χ2n) is 4.82. The van der Waals surface area contributed by atoms with E-state index in [4.69, 9.17) is 9.84 Å². The van der Waals surface area contributed by atoms with E-state index in [1.807, 2.05) is 20.0 Å². The molecule has 19 heavy (non-hydrogen) atoms. The highest BCUT2D eigenvalue weighted by Gasteiger charge is 2.17. The molecule has 0 aliphatic rings. The van der Waals surface area contributed by atoms with Gasteiger partial charge in [-0.2, -0.15) is 0 Å². The monoisotopic (exact) mass is 265 g/mol. The van der Waals surface area contributed by atoms with E-state index in [1.54, 1.807) is 7.11 Å². The summed E-state index contributed by atoms with van der Waals surface area (Å²) < 4.78 is 5.46. The van der Waals surface area contributed by atoms with Crippen LogP contribution in [0.5, 0.6) is 5.75 Å². The molecule has 1 rings (SSSR count). The lowest BCUT2D eigenvalue weighted by Gasteiger charge is -2.22. The van der Waals surface area contributed by atoms with Gasteiger partial charge in [0.05, 0.1) is 7.11 Å². The van der Waals surface area contributed by atoms with E-state index in [-0.39, 0.29) is 12.5 Å². The molecule has 0 bridgehead atoms. The van der Waals surface area contributed by atoms with Crippen LogP contribution < -0.4 is 10.1 Å². The van der Waals surface area contributed by atoms with E-state index in [9.17, 15) is 4.79 Å². The molecule has 1 atom stereocenters. The van der Waals surface area contributed by atoms with Gasteiger partial charge in [0.15, 0.2) is 0 Å². The lowest BCUT2D eigenvalue weighted by molar-refractivity contribution is -0.137. The molecular weight excluding hydrogens is 242 g/mol. The van der Waals surface area contributed by atoms with Gasteiger partial charge in [-0.1, -0.05) is 6.07 Å². The molecular formula is C15H23NO3. The van der Waals surface area contributed by atoms with Crippen molar-refractivity contribution in [2.24, 2.45) is 0 Å². The summed E-state index contributed by atoms with van der Waals surface area (Å²) in [6.45, 7) is 4.10. The quantitative estimate of drug-likeness (QED) is 0.796. The highest BCUT2D eigenvalue weighted by Crippen LogP contribution is 2.32. The second-order valence-corrected chi connectivity index (χ2v) is 4.82. The molecule has 1 unspecified atom stereocenters. The van der Waals surface area contributed by atoms with Crippen molar-refractivity contribution in [1.82, 2.24) is 5.32 Å². The van der Waals surface area contributed by atoms with Crippen molar-refractivity contribution in [2.75, 3.05) is 14.2 Å². The van der Waals surface area contributed by atoms with Crippen LogP contribution in [-0.4, -0.2) is 25.2 Å². The van der Waals surface area contributed by atoms with Gasteiger partial charge in [0.1, 0.15) is 5.75 Å². The predicted octanol–water partition coefficient (Wildman–Crippen LogP) is 2.83. The number of carboxylic acid groups (broad SMARTS) is 1. The van der Waals surface area contributed by atoms with Gasteiger partial charge >= 0.3 is 5.97 Å². The number of aliphatic carboxylic acids is 1. The van der Waals surface area contributed by atoms with E-state index in [2.05, 4.69) is 18.3 Å². The van der Waals surface area contributed by atoms with E-state index >= 15 is 0 Å². The molecule has 4 nitrogen and oxygen atoms in total. The lowest BCUT2D eigenvalue weighted by atomic mass is 9.94. The summed E-state index contributed by atoms with van der Waals surface area (Å²) >= 11 is 0. The highest BCUT2D eigenvalue weighted by atomic mass is 16.5. The minimum Gasteiger partial charge on any atom is -0.496 e. The molecule has 0 aromatic heterocycles. The Hall–Kier alpha value is -1.55. The van der Waals surface area contributed by atoms with Crippen molar-refractivity contribution in [2.45, 2.75) is 39.2 Å². The molecule has 0 spiro atoms. The lowest BCUT2D eigenvalue weighted by Crippen LogP contribution is -2.19. The Morgan fingerprint density at radius 3 is 2.63 bits per heavy atom. The maximum Gasteiger partial charge on any atom is 0.303 e. The van der Waals surface area contributed by atoms with E-state index in [0.717, 1.165) is 17.7 Å². The van der Waals surface area contributed by atoms with Crippen LogP contribution in [-0.2, 0) is 4.79 Å². The van der Waals surface area contributed by atoms with Crippen LogP contribution in [0.2, 0.25) is 0 Å². The molecule has 2 N–H and O–H groups in total. The molecule has 106 valence electrons. The number of hydrogen-bond acceptors (Lipinski definition) is 3. The van der Waals surface area contributed by atoms with Crippen LogP contribution in [0.3, 0.4) is 0 Å². The minimum atomic E-state index is -0.748. The average molecular weight is 265 g/mol. The number of aryl methyl sites for hydroxylation is 2. The summed E-state index contributed by atoms with van der Waals surface area (Å²) in [4.78, 5) is 10.6. The smallest absolute Gasteiger partial charge is 0.303 e. The van der Waals surface area contributed by atoms with Crippen LogP contribution in [0.1, 0.15) is 42.0 Å². The summed E-state index contributed by atoms with van der Waals surface area (Å²) in [6.07, 6.45) is 1.63. The van der Waals surface area contributed by atoms with Crippen molar-refractivity contribution in [3.8, 4) is 5.75 Å². The van der Waals surface area contributed by atoms with Crippen LogP contribution in [0.25, 0.3) is 0 Å². The molecule has 0 saturated carbocycles.